The van der Waals surface area contributed by atoms with Crippen LogP contribution < -0.4 is 4.74 Å². The molecule has 0 saturated heterocycles. The number of ether oxygens (including phenoxy) is 1. The van der Waals surface area contributed by atoms with Crippen molar-refractivity contribution in [2.24, 2.45) is 0 Å². The molecule has 1 aromatic rings. The molecule has 0 atom stereocenters. The maximum Gasteiger partial charge on any atom is 0.228 e. The minimum absolute atomic E-state index is 0.116. The zero-order valence-corrected chi connectivity index (χ0v) is 9.29. The summed E-state index contributed by atoms with van der Waals surface area (Å²) in [5, 5.41) is 0. The molecule has 0 heterocycles. The number of carbonyl (C=O) groups excluding carboxylic acids is 1. The lowest BCUT2D eigenvalue weighted by atomic mass is 10.2. The van der Waals surface area contributed by atoms with Crippen molar-refractivity contribution in [1.82, 2.24) is 0 Å². The predicted octanol–water partition coefficient (Wildman–Crippen LogP) is 3.18. The van der Waals surface area contributed by atoms with E-state index in [9.17, 15) is 4.79 Å². The van der Waals surface area contributed by atoms with E-state index >= 15 is 0 Å². The van der Waals surface area contributed by atoms with Crippen molar-refractivity contribution in [3.05, 3.63) is 42.5 Å². The third kappa shape index (κ3) is 3.34. The molecule has 0 aromatic heterocycles. The molecule has 0 spiro atoms. The highest BCUT2D eigenvalue weighted by Crippen LogP contribution is 2.14. The second kappa shape index (κ2) is 5.60. The fraction of sp³-hybridized carbons (Fsp3) is 0.182. The van der Waals surface area contributed by atoms with E-state index in [4.69, 9.17) is 4.74 Å². The summed E-state index contributed by atoms with van der Waals surface area (Å²) in [6.45, 7) is 4.21. The van der Waals surface area contributed by atoms with Crippen molar-refractivity contribution >= 4 is 20.6 Å². The van der Waals surface area contributed by atoms with E-state index < -0.39 is 0 Å². The van der Waals surface area contributed by atoms with Gasteiger partial charge in [-0.25, -0.2) is 0 Å². The first-order valence-corrected chi connectivity index (χ1v) is 5.07. The minimum Gasteiger partial charge on any atom is -0.493 e. The molecule has 1 rings (SSSR count). The molecule has 0 unspecified atom stereocenters. The molecule has 0 aliphatic heterocycles. The van der Waals surface area contributed by atoms with Crippen LogP contribution in [0, 0.1) is 0 Å². The van der Waals surface area contributed by atoms with Gasteiger partial charge in [0, 0.05) is 5.56 Å². The first kappa shape index (κ1) is 11.0. The van der Waals surface area contributed by atoms with Crippen molar-refractivity contribution in [3.63, 3.8) is 0 Å². The van der Waals surface area contributed by atoms with Gasteiger partial charge in [-0.05, 0) is 46.6 Å². The van der Waals surface area contributed by atoms with Crippen molar-refractivity contribution in [3.8, 4) is 5.75 Å². The molecule has 2 nitrogen and oxygen atoms in total. The Morgan fingerprint density at radius 3 is 2.57 bits per heavy atom. The van der Waals surface area contributed by atoms with E-state index in [1.165, 1.54) is 0 Å². The molecule has 0 saturated carbocycles. The predicted molar refractivity (Wildman–Crippen MR) is 60.0 cm³/mol. The lowest BCUT2D eigenvalue weighted by molar-refractivity contribution is 0.109. The summed E-state index contributed by atoms with van der Waals surface area (Å²) in [6, 6.07) is 7.00. The van der Waals surface area contributed by atoms with Gasteiger partial charge in [0.25, 0.3) is 0 Å². The maximum absolute atomic E-state index is 10.9. The van der Waals surface area contributed by atoms with E-state index in [1.807, 2.05) is 0 Å². The average molecular weight is 255 g/mol. The smallest absolute Gasteiger partial charge is 0.228 e. The summed E-state index contributed by atoms with van der Waals surface area (Å²) in [4.78, 5) is 10.9. The molecule has 74 valence electrons. The second-order valence-corrected chi connectivity index (χ2v) is 3.44. The standard InChI is InChI=1S/C11H11BrO2/c1-2-3-8-14-10-6-4-9(5-7-10)11(12)13/h2,4-7H,1,3,8H2. The fourth-order valence-electron chi connectivity index (χ4n) is 0.942. The molecule has 3 heteroatoms. The summed E-state index contributed by atoms with van der Waals surface area (Å²) in [6.07, 6.45) is 2.62. The van der Waals surface area contributed by atoms with E-state index in [2.05, 4.69) is 22.5 Å². The first-order chi connectivity index (χ1) is 6.74. The third-order valence-corrected chi connectivity index (χ3v) is 2.13. The molecular formula is C11H11BrO2. The van der Waals surface area contributed by atoms with Gasteiger partial charge in [-0.2, -0.15) is 0 Å². The maximum atomic E-state index is 10.9. The molecule has 0 bridgehead atoms. The van der Waals surface area contributed by atoms with Gasteiger partial charge in [-0.15, -0.1) is 6.58 Å². The Morgan fingerprint density at radius 2 is 2.07 bits per heavy atom. The monoisotopic (exact) mass is 254 g/mol. The number of benzene rings is 1. The number of hydrogen-bond donors (Lipinski definition) is 0. The summed E-state index contributed by atoms with van der Waals surface area (Å²) in [5.41, 5.74) is 0.626. The lowest BCUT2D eigenvalue weighted by Gasteiger charge is -2.03. The average Bonchev–Trinajstić information content (AvgIpc) is 2.19. The third-order valence-electron chi connectivity index (χ3n) is 1.67. The highest BCUT2D eigenvalue weighted by atomic mass is 79.9. The van der Waals surface area contributed by atoms with Crippen LogP contribution >= 0.6 is 15.9 Å². The molecule has 0 fully saturated rings. The zero-order valence-electron chi connectivity index (χ0n) is 7.70. The second-order valence-electron chi connectivity index (χ2n) is 2.72. The number of halogens is 1. The van der Waals surface area contributed by atoms with Crippen molar-refractivity contribution in [1.29, 1.82) is 0 Å². The molecule has 0 aliphatic carbocycles. The molecule has 0 N–H and O–H groups in total. The van der Waals surface area contributed by atoms with Gasteiger partial charge in [-0.1, -0.05) is 6.08 Å². The SMILES string of the molecule is C=CCCOc1ccc(C(=O)Br)cc1. The van der Waals surface area contributed by atoms with Crippen LogP contribution in [0.25, 0.3) is 0 Å². The number of carbonyl (C=O) groups is 1. The molecular weight excluding hydrogens is 244 g/mol. The Balaban J connectivity index is 2.55. The first-order valence-electron chi connectivity index (χ1n) is 4.27. The van der Waals surface area contributed by atoms with Crippen LogP contribution in [0.4, 0.5) is 0 Å². The fourth-order valence-corrected chi connectivity index (χ4v) is 1.21. The van der Waals surface area contributed by atoms with Gasteiger partial charge < -0.3 is 4.74 Å². The van der Waals surface area contributed by atoms with Crippen molar-refractivity contribution in [2.75, 3.05) is 6.61 Å². The quantitative estimate of drug-likeness (QED) is 0.459. The highest BCUT2D eigenvalue weighted by molar-refractivity contribution is 9.18. The lowest BCUT2D eigenvalue weighted by Crippen LogP contribution is -1.95. The topological polar surface area (TPSA) is 26.3 Å². The van der Waals surface area contributed by atoms with E-state index in [1.54, 1.807) is 30.3 Å². The summed E-state index contributed by atoms with van der Waals surface area (Å²) >= 11 is 2.88. The molecule has 1 aromatic carbocycles. The van der Waals surface area contributed by atoms with Crippen molar-refractivity contribution < 1.29 is 9.53 Å². The zero-order chi connectivity index (χ0) is 10.4. The number of rotatable bonds is 5. The summed E-state index contributed by atoms with van der Waals surface area (Å²) < 4.78 is 5.27. The van der Waals surface area contributed by atoms with E-state index in [0.29, 0.717) is 12.2 Å². The highest BCUT2D eigenvalue weighted by Gasteiger charge is 2.00. The van der Waals surface area contributed by atoms with Crippen LogP contribution in [-0.2, 0) is 0 Å². The van der Waals surface area contributed by atoms with Crippen LogP contribution in [-0.4, -0.2) is 11.3 Å². The molecule has 14 heavy (non-hydrogen) atoms. The molecule has 0 radical (unpaired) electrons. The van der Waals surface area contributed by atoms with Gasteiger partial charge in [0.2, 0.25) is 4.69 Å². The van der Waals surface area contributed by atoms with Crippen LogP contribution in [0.5, 0.6) is 5.75 Å². The molecule has 0 amide bonds. The van der Waals surface area contributed by atoms with Crippen LogP contribution in [0.15, 0.2) is 36.9 Å². The van der Waals surface area contributed by atoms with E-state index in [-0.39, 0.29) is 4.69 Å². The van der Waals surface area contributed by atoms with Crippen LogP contribution in [0.1, 0.15) is 16.8 Å². The Bertz CT molecular complexity index is 317. The summed E-state index contributed by atoms with van der Waals surface area (Å²) in [5.74, 6) is 0.768. The Kier molecular flexibility index (Phi) is 4.40. The van der Waals surface area contributed by atoms with Crippen LogP contribution in [0.2, 0.25) is 0 Å². The largest absolute Gasteiger partial charge is 0.493 e. The van der Waals surface area contributed by atoms with Crippen LogP contribution in [0.3, 0.4) is 0 Å². The van der Waals surface area contributed by atoms with Crippen molar-refractivity contribution in [2.45, 2.75) is 6.42 Å². The Hall–Kier alpha value is -1.09. The van der Waals surface area contributed by atoms with Gasteiger partial charge in [-0.3, -0.25) is 4.79 Å². The summed E-state index contributed by atoms with van der Waals surface area (Å²) in [7, 11) is 0. The van der Waals surface area contributed by atoms with E-state index in [0.717, 1.165) is 12.2 Å². The normalized spacial score (nSPS) is 9.50. The van der Waals surface area contributed by atoms with Gasteiger partial charge >= 0.3 is 0 Å². The number of hydrogen-bond acceptors (Lipinski definition) is 2. The molecule has 0 aliphatic rings. The van der Waals surface area contributed by atoms with Gasteiger partial charge in [0.1, 0.15) is 5.75 Å². The minimum atomic E-state index is -0.116. The van der Waals surface area contributed by atoms with Gasteiger partial charge in [0.15, 0.2) is 0 Å². The Labute approximate surface area is 91.7 Å². The van der Waals surface area contributed by atoms with Gasteiger partial charge in [0.05, 0.1) is 6.61 Å². The Morgan fingerprint density at radius 1 is 1.43 bits per heavy atom.